The number of hydrogen-bond acceptors (Lipinski definition) is 4. The normalized spacial score (nSPS) is 17.5. The molecule has 0 saturated carbocycles. The van der Waals surface area contributed by atoms with Crippen LogP contribution in [0.1, 0.15) is 19.8 Å². The van der Waals surface area contributed by atoms with Crippen molar-refractivity contribution in [2.24, 2.45) is 5.92 Å². The SMILES string of the molecule is CC(=O)Nc1cccc(NC(=O)[C@@H]2CCCN(S(=O)(=O)c3ccc(F)cc3)C2)c1. The number of benzene rings is 2. The second-order valence-corrected chi connectivity index (χ2v) is 8.85. The van der Waals surface area contributed by atoms with Crippen molar-refractivity contribution >= 4 is 33.2 Å². The molecule has 9 heteroatoms. The maximum atomic E-state index is 13.1. The molecule has 0 bridgehead atoms. The Morgan fingerprint density at radius 2 is 1.72 bits per heavy atom. The minimum Gasteiger partial charge on any atom is -0.326 e. The minimum atomic E-state index is -3.80. The van der Waals surface area contributed by atoms with E-state index in [1.807, 2.05) is 0 Å². The van der Waals surface area contributed by atoms with Crippen LogP contribution in [0.3, 0.4) is 0 Å². The van der Waals surface area contributed by atoms with Gasteiger partial charge in [0.2, 0.25) is 21.8 Å². The zero-order valence-electron chi connectivity index (χ0n) is 15.9. The monoisotopic (exact) mass is 419 g/mol. The Kier molecular flexibility index (Phi) is 6.29. The fraction of sp³-hybridized carbons (Fsp3) is 0.300. The number of nitrogens with zero attached hydrogens (tertiary/aromatic N) is 1. The smallest absolute Gasteiger partial charge is 0.243 e. The lowest BCUT2D eigenvalue weighted by Crippen LogP contribution is -2.43. The highest BCUT2D eigenvalue weighted by Crippen LogP contribution is 2.25. The van der Waals surface area contributed by atoms with Gasteiger partial charge in [-0.05, 0) is 55.3 Å². The summed E-state index contributed by atoms with van der Waals surface area (Å²) in [5, 5.41) is 5.43. The van der Waals surface area contributed by atoms with Crippen LogP contribution in [0.4, 0.5) is 15.8 Å². The number of anilines is 2. The number of nitrogens with one attached hydrogen (secondary N) is 2. The summed E-state index contributed by atoms with van der Waals surface area (Å²) in [6.45, 7) is 1.75. The second-order valence-electron chi connectivity index (χ2n) is 6.91. The zero-order chi connectivity index (χ0) is 21.0. The molecule has 3 rings (SSSR count). The number of sulfonamides is 1. The van der Waals surface area contributed by atoms with Gasteiger partial charge in [-0.1, -0.05) is 6.07 Å². The quantitative estimate of drug-likeness (QED) is 0.779. The summed E-state index contributed by atoms with van der Waals surface area (Å²) in [5.41, 5.74) is 1.07. The van der Waals surface area contributed by atoms with E-state index in [-0.39, 0.29) is 23.3 Å². The first-order valence-corrected chi connectivity index (χ1v) is 10.6. The highest BCUT2D eigenvalue weighted by atomic mass is 32.2. The first kappa shape index (κ1) is 20.9. The third kappa shape index (κ3) is 5.18. The van der Waals surface area contributed by atoms with E-state index in [0.29, 0.717) is 30.8 Å². The predicted molar refractivity (Wildman–Crippen MR) is 107 cm³/mol. The molecule has 0 aliphatic carbocycles. The summed E-state index contributed by atoms with van der Waals surface area (Å²) in [6, 6.07) is 11.4. The Hall–Kier alpha value is -2.78. The Bertz CT molecular complexity index is 1010. The number of halogens is 1. The molecule has 1 aliphatic heterocycles. The van der Waals surface area contributed by atoms with E-state index < -0.39 is 21.8 Å². The van der Waals surface area contributed by atoms with Crippen molar-refractivity contribution in [1.82, 2.24) is 4.31 Å². The van der Waals surface area contributed by atoms with E-state index in [1.165, 1.54) is 23.4 Å². The molecule has 0 unspecified atom stereocenters. The average molecular weight is 419 g/mol. The average Bonchev–Trinajstić information content (AvgIpc) is 2.68. The van der Waals surface area contributed by atoms with Crippen molar-refractivity contribution in [1.29, 1.82) is 0 Å². The van der Waals surface area contributed by atoms with Gasteiger partial charge < -0.3 is 10.6 Å². The van der Waals surface area contributed by atoms with E-state index >= 15 is 0 Å². The van der Waals surface area contributed by atoms with Gasteiger partial charge >= 0.3 is 0 Å². The molecule has 1 fully saturated rings. The van der Waals surface area contributed by atoms with E-state index in [0.717, 1.165) is 12.1 Å². The van der Waals surface area contributed by atoms with Gasteiger partial charge in [0.05, 0.1) is 10.8 Å². The van der Waals surface area contributed by atoms with Gasteiger partial charge in [0, 0.05) is 31.4 Å². The number of hydrogen-bond donors (Lipinski definition) is 2. The molecule has 1 heterocycles. The van der Waals surface area contributed by atoms with E-state index in [9.17, 15) is 22.4 Å². The van der Waals surface area contributed by atoms with Crippen LogP contribution >= 0.6 is 0 Å². The summed E-state index contributed by atoms with van der Waals surface area (Å²) in [4.78, 5) is 23.9. The molecule has 2 aromatic rings. The Balaban J connectivity index is 1.69. The number of carbonyl (C=O) groups excluding carboxylic acids is 2. The molecule has 7 nitrogen and oxygen atoms in total. The fourth-order valence-corrected chi connectivity index (χ4v) is 4.78. The molecule has 2 amide bonds. The van der Waals surface area contributed by atoms with Gasteiger partial charge in [0.25, 0.3) is 0 Å². The van der Waals surface area contributed by atoms with Gasteiger partial charge in [-0.2, -0.15) is 4.31 Å². The van der Waals surface area contributed by atoms with Crippen LogP contribution < -0.4 is 10.6 Å². The summed E-state index contributed by atoms with van der Waals surface area (Å²) in [6.07, 6.45) is 1.11. The Morgan fingerprint density at radius 1 is 1.07 bits per heavy atom. The summed E-state index contributed by atoms with van der Waals surface area (Å²) in [5.74, 6) is -1.53. The van der Waals surface area contributed by atoms with Crippen LogP contribution in [-0.2, 0) is 19.6 Å². The highest BCUT2D eigenvalue weighted by Gasteiger charge is 2.33. The van der Waals surface area contributed by atoms with Crippen LogP contribution in [0.15, 0.2) is 53.4 Å². The standard InChI is InChI=1S/C20H22FN3O4S/c1-14(25)22-17-5-2-6-18(12-17)23-20(26)15-4-3-11-24(13-15)29(27,28)19-9-7-16(21)8-10-19/h2,5-10,12,15H,3-4,11,13H2,1H3,(H,22,25)(H,23,26)/t15-/m1/s1. The molecule has 2 aromatic carbocycles. The largest absolute Gasteiger partial charge is 0.326 e. The van der Waals surface area contributed by atoms with E-state index in [4.69, 9.17) is 0 Å². The molecule has 0 spiro atoms. The number of carbonyl (C=O) groups is 2. The predicted octanol–water partition coefficient (Wildman–Crippen LogP) is 2.82. The maximum Gasteiger partial charge on any atom is 0.243 e. The minimum absolute atomic E-state index is 0.00275. The van der Waals surface area contributed by atoms with Crippen molar-refractivity contribution in [3.05, 3.63) is 54.3 Å². The number of amides is 2. The van der Waals surface area contributed by atoms with Crippen LogP contribution in [0.5, 0.6) is 0 Å². The molecule has 0 aromatic heterocycles. The Labute approximate surface area is 169 Å². The molecule has 29 heavy (non-hydrogen) atoms. The van der Waals surface area contributed by atoms with Crippen LogP contribution in [-0.4, -0.2) is 37.6 Å². The molecule has 0 radical (unpaired) electrons. The van der Waals surface area contributed by atoms with Crippen molar-refractivity contribution in [3.8, 4) is 0 Å². The Morgan fingerprint density at radius 3 is 2.38 bits per heavy atom. The maximum absolute atomic E-state index is 13.1. The van der Waals surface area contributed by atoms with Gasteiger partial charge in [-0.3, -0.25) is 9.59 Å². The summed E-state index contributed by atoms with van der Waals surface area (Å²) in [7, 11) is -3.80. The summed E-state index contributed by atoms with van der Waals surface area (Å²) < 4.78 is 40.0. The lowest BCUT2D eigenvalue weighted by atomic mass is 9.98. The molecule has 1 aliphatic rings. The molecular weight excluding hydrogens is 397 g/mol. The highest BCUT2D eigenvalue weighted by molar-refractivity contribution is 7.89. The molecule has 1 atom stereocenters. The third-order valence-electron chi connectivity index (χ3n) is 4.66. The van der Waals surface area contributed by atoms with Crippen molar-refractivity contribution in [2.75, 3.05) is 23.7 Å². The lowest BCUT2D eigenvalue weighted by Gasteiger charge is -2.31. The summed E-state index contributed by atoms with van der Waals surface area (Å²) >= 11 is 0. The van der Waals surface area contributed by atoms with Gasteiger partial charge in [-0.25, -0.2) is 12.8 Å². The van der Waals surface area contributed by atoms with Crippen LogP contribution in [0.2, 0.25) is 0 Å². The van der Waals surface area contributed by atoms with Crippen molar-refractivity contribution < 1.29 is 22.4 Å². The van der Waals surface area contributed by atoms with Crippen molar-refractivity contribution in [2.45, 2.75) is 24.7 Å². The first-order valence-electron chi connectivity index (χ1n) is 9.20. The molecule has 2 N–H and O–H groups in total. The number of rotatable bonds is 5. The number of piperidine rings is 1. The van der Waals surface area contributed by atoms with Gasteiger partial charge in [0.1, 0.15) is 5.82 Å². The second kappa shape index (κ2) is 8.71. The third-order valence-corrected chi connectivity index (χ3v) is 6.54. The first-order chi connectivity index (χ1) is 13.8. The van der Waals surface area contributed by atoms with E-state index in [1.54, 1.807) is 24.3 Å². The van der Waals surface area contributed by atoms with Gasteiger partial charge in [-0.15, -0.1) is 0 Å². The fourth-order valence-electron chi connectivity index (χ4n) is 3.25. The van der Waals surface area contributed by atoms with Crippen molar-refractivity contribution in [3.63, 3.8) is 0 Å². The van der Waals surface area contributed by atoms with E-state index in [2.05, 4.69) is 10.6 Å². The molecule has 154 valence electrons. The van der Waals surface area contributed by atoms with Crippen LogP contribution in [0.25, 0.3) is 0 Å². The zero-order valence-corrected chi connectivity index (χ0v) is 16.7. The topological polar surface area (TPSA) is 95.6 Å². The molecular formula is C20H22FN3O4S. The molecule has 1 saturated heterocycles. The van der Waals surface area contributed by atoms with Gasteiger partial charge in [0.15, 0.2) is 0 Å². The lowest BCUT2D eigenvalue weighted by molar-refractivity contribution is -0.121. The van der Waals surface area contributed by atoms with Crippen LogP contribution in [0, 0.1) is 11.7 Å².